The number of piperidine rings is 1. The summed E-state index contributed by atoms with van der Waals surface area (Å²) >= 11 is 0. The van der Waals surface area contributed by atoms with Gasteiger partial charge in [-0.1, -0.05) is 19.3 Å². The number of hydrogen-bond donors (Lipinski definition) is 1. The molecule has 1 saturated heterocycles. The fourth-order valence-corrected chi connectivity index (χ4v) is 3.95. The van der Waals surface area contributed by atoms with Gasteiger partial charge < -0.3 is 10.6 Å². The Labute approximate surface area is 125 Å². The SMILES string of the molecule is Nc1cc(N2CCC3(CCCCC3)CC2)cc([N+](=O)[O-])c1. The number of nitro benzene ring substituents is 1. The smallest absolute Gasteiger partial charge is 0.273 e. The maximum Gasteiger partial charge on any atom is 0.273 e. The number of nitrogens with two attached hydrogens (primary N) is 1. The second-order valence-corrected chi connectivity index (χ2v) is 6.59. The van der Waals surface area contributed by atoms with Gasteiger partial charge in [0.05, 0.1) is 4.92 Å². The summed E-state index contributed by atoms with van der Waals surface area (Å²) in [5.41, 5.74) is 7.80. The molecule has 2 fully saturated rings. The van der Waals surface area contributed by atoms with E-state index in [1.165, 1.54) is 51.0 Å². The number of nitrogens with zero attached hydrogens (tertiary/aromatic N) is 2. The van der Waals surface area contributed by atoms with Crippen LogP contribution in [0.2, 0.25) is 0 Å². The van der Waals surface area contributed by atoms with Gasteiger partial charge in [0, 0.05) is 36.6 Å². The molecule has 0 atom stereocenters. The Kier molecular flexibility index (Phi) is 3.74. The lowest BCUT2D eigenvalue weighted by Crippen LogP contribution is -2.41. The van der Waals surface area contributed by atoms with E-state index in [1.54, 1.807) is 6.07 Å². The molecule has 0 aromatic heterocycles. The van der Waals surface area contributed by atoms with Crippen LogP contribution in [0.25, 0.3) is 0 Å². The second kappa shape index (κ2) is 5.54. The lowest BCUT2D eigenvalue weighted by atomic mass is 9.68. The molecule has 1 aromatic carbocycles. The first-order chi connectivity index (χ1) is 10.1. The van der Waals surface area contributed by atoms with Crippen molar-refractivity contribution < 1.29 is 4.92 Å². The van der Waals surface area contributed by atoms with E-state index >= 15 is 0 Å². The van der Waals surface area contributed by atoms with Crippen molar-refractivity contribution in [3.8, 4) is 0 Å². The summed E-state index contributed by atoms with van der Waals surface area (Å²) < 4.78 is 0. The Morgan fingerprint density at radius 2 is 1.71 bits per heavy atom. The molecule has 1 heterocycles. The van der Waals surface area contributed by atoms with Crippen molar-refractivity contribution in [2.45, 2.75) is 44.9 Å². The topological polar surface area (TPSA) is 72.4 Å². The van der Waals surface area contributed by atoms with Crippen LogP contribution >= 0.6 is 0 Å². The minimum Gasteiger partial charge on any atom is -0.398 e. The van der Waals surface area contributed by atoms with Gasteiger partial charge in [0.15, 0.2) is 0 Å². The van der Waals surface area contributed by atoms with Gasteiger partial charge >= 0.3 is 0 Å². The van der Waals surface area contributed by atoms with Gasteiger partial charge in [0.25, 0.3) is 5.69 Å². The summed E-state index contributed by atoms with van der Waals surface area (Å²) in [7, 11) is 0. The number of nitro groups is 1. The van der Waals surface area contributed by atoms with E-state index in [2.05, 4.69) is 4.90 Å². The van der Waals surface area contributed by atoms with Gasteiger partial charge in [-0.25, -0.2) is 0 Å². The van der Waals surface area contributed by atoms with Crippen molar-refractivity contribution in [3.63, 3.8) is 0 Å². The molecule has 1 spiro atoms. The average Bonchev–Trinajstić information content (AvgIpc) is 2.48. The van der Waals surface area contributed by atoms with Crippen LogP contribution in [0.5, 0.6) is 0 Å². The van der Waals surface area contributed by atoms with Crippen LogP contribution in [-0.4, -0.2) is 18.0 Å². The molecule has 2 aliphatic rings. The molecule has 1 saturated carbocycles. The highest BCUT2D eigenvalue weighted by Gasteiger charge is 2.35. The Balaban J connectivity index is 1.73. The normalized spacial score (nSPS) is 21.4. The van der Waals surface area contributed by atoms with E-state index in [0.717, 1.165) is 18.8 Å². The molecule has 5 heteroatoms. The Morgan fingerprint density at radius 1 is 1.05 bits per heavy atom. The second-order valence-electron chi connectivity index (χ2n) is 6.59. The van der Waals surface area contributed by atoms with E-state index in [9.17, 15) is 10.1 Å². The zero-order valence-electron chi connectivity index (χ0n) is 12.4. The quantitative estimate of drug-likeness (QED) is 0.511. The molecule has 1 aromatic rings. The largest absolute Gasteiger partial charge is 0.398 e. The fraction of sp³-hybridized carbons (Fsp3) is 0.625. The molecular weight excluding hydrogens is 266 g/mol. The maximum absolute atomic E-state index is 11.0. The van der Waals surface area contributed by atoms with Crippen LogP contribution in [0.4, 0.5) is 17.1 Å². The van der Waals surface area contributed by atoms with Crippen LogP contribution in [0, 0.1) is 15.5 Å². The van der Waals surface area contributed by atoms with Gasteiger partial charge in [-0.3, -0.25) is 10.1 Å². The zero-order valence-corrected chi connectivity index (χ0v) is 12.4. The van der Waals surface area contributed by atoms with Crippen molar-refractivity contribution in [3.05, 3.63) is 28.3 Å². The van der Waals surface area contributed by atoms with E-state index < -0.39 is 0 Å². The van der Waals surface area contributed by atoms with Crippen molar-refractivity contribution in [1.82, 2.24) is 0 Å². The molecule has 114 valence electrons. The predicted molar refractivity (Wildman–Crippen MR) is 84.5 cm³/mol. The van der Waals surface area contributed by atoms with Gasteiger partial charge in [-0.2, -0.15) is 0 Å². The molecular formula is C16H23N3O2. The lowest BCUT2D eigenvalue weighted by Gasteiger charge is -2.45. The van der Waals surface area contributed by atoms with Crippen LogP contribution in [-0.2, 0) is 0 Å². The summed E-state index contributed by atoms with van der Waals surface area (Å²) in [4.78, 5) is 12.8. The van der Waals surface area contributed by atoms with Gasteiger partial charge in [0.2, 0.25) is 0 Å². The number of benzene rings is 1. The first-order valence-electron chi connectivity index (χ1n) is 7.88. The Hall–Kier alpha value is -1.78. The third-order valence-corrected chi connectivity index (χ3v) is 5.24. The monoisotopic (exact) mass is 289 g/mol. The molecule has 5 nitrogen and oxygen atoms in total. The van der Waals surface area contributed by atoms with Crippen LogP contribution < -0.4 is 10.6 Å². The van der Waals surface area contributed by atoms with E-state index in [0.29, 0.717) is 11.1 Å². The van der Waals surface area contributed by atoms with E-state index in [1.807, 2.05) is 6.07 Å². The number of hydrogen-bond acceptors (Lipinski definition) is 4. The third-order valence-electron chi connectivity index (χ3n) is 5.24. The van der Waals surface area contributed by atoms with E-state index in [-0.39, 0.29) is 10.6 Å². The molecule has 1 aliphatic carbocycles. The van der Waals surface area contributed by atoms with Crippen LogP contribution in [0.1, 0.15) is 44.9 Å². The summed E-state index contributed by atoms with van der Waals surface area (Å²) in [6, 6.07) is 4.93. The summed E-state index contributed by atoms with van der Waals surface area (Å²) in [5.74, 6) is 0. The Bertz CT molecular complexity index is 528. The minimum absolute atomic E-state index is 0.0861. The summed E-state index contributed by atoms with van der Waals surface area (Å²) in [5, 5.41) is 11.0. The van der Waals surface area contributed by atoms with Gasteiger partial charge in [0.1, 0.15) is 0 Å². The summed E-state index contributed by atoms with van der Waals surface area (Å²) in [6.45, 7) is 1.97. The van der Waals surface area contributed by atoms with Crippen molar-refractivity contribution in [2.75, 3.05) is 23.7 Å². The van der Waals surface area contributed by atoms with Gasteiger partial charge in [-0.15, -0.1) is 0 Å². The number of non-ortho nitro benzene ring substituents is 1. The minimum atomic E-state index is -0.369. The van der Waals surface area contributed by atoms with Crippen LogP contribution in [0.15, 0.2) is 18.2 Å². The van der Waals surface area contributed by atoms with Crippen molar-refractivity contribution in [2.24, 2.45) is 5.41 Å². The van der Waals surface area contributed by atoms with Crippen LogP contribution in [0.3, 0.4) is 0 Å². The number of nitrogen functional groups attached to an aromatic ring is 1. The van der Waals surface area contributed by atoms with Crippen molar-refractivity contribution in [1.29, 1.82) is 0 Å². The predicted octanol–water partition coefficient (Wildman–Crippen LogP) is 3.73. The lowest BCUT2D eigenvalue weighted by molar-refractivity contribution is -0.384. The average molecular weight is 289 g/mol. The van der Waals surface area contributed by atoms with E-state index in [4.69, 9.17) is 5.73 Å². The third kappa shape index (κ3) is 2.96. The molecule has 0 amide bonds. The molecule has 0 radical (unpaired) electrons. The molecule has 1 aliphatic heterocycles. The van der Waals surface area contributed by atoms with Gasteiger partial charge in [-0.05, 0) is 37.2 Å². The Morgan fingerprint density at radius 3 is 2.33 bits per heavy atom. The first kappa shape index (κ1) is 14.2. The highest BCUT2D eigenvalue weighted by atomic mass is 16.6. The standard InChI is InChI=1S/C16H23N3O2/c17-13-10-14(12-15(11-13)19(20)21)18-8-6-16(7-9-18)4-2-1-3-5-16/h10-12H,1-9,17H2. The summed E-state index contributed by atoms with van der Waals surface area (Å²) in [6.07, 6.45) is 9.24. The number of anilines is 2. The molecule has 2 N–H and O–H groups in total. The molecule has 0 bridgehead atoms. The highest BCUT2D eigenvalue weighted by molar-refractivity contribution is 5.63. The maximum atomic E-state index is 11.0. The highest BCUT2D eigenvalue weighted by Crippen LogP contribution is 2.45. The number of rotatable bonds is 2. The molecule has 0 unspecified atom stereocenters. The zero-order chi connectivity index (χ0) is 14.9. The molecule has 21 heavy (non-hydrogen) atoms. The first-order valence-corrected chi connectivity index (χ1v) is 7.88. The fourth-order valence-electron chi connectivity index (χ4n) is 3.95. The van der Waals surface area contributed by atoms with Crippen molar-refractivity contribution >= 4 is 17.1 Å². The molecule has 3 rings (SSSR count).